The van der Waals surface area contributed by atoms with Gasteiger partial charge in [-0.05, 0) is 54.8 Å². The van der Waals surface area contributed by atoms with Crippen molar-refractivity contribution in [3.05, 3.63) is 83.9 Å². The van der Waals surface area contributed by atoms with Crippen LogP contribution < -0.4 is 9.64 Å². The van der Waals surface area contributed by atoms with E-state index in [2.05, 4.69) is 11.3 Å². The summed E-state index contributed by atoms with van der Waals surface area (Å²) < 4.78 is 42.1. The predicted octanol–water partition coefficient (Wildman–Crippen LogP) is 6.50. The number of aliphatic carboxylic acids is 1. The summed E-state index contributed by atoms with van der Waals surface area (Å²) in [6, 6.07) is 15.2. The summed E-state index contributed by atoms with van der Waals surface area (Å²) in [6.07, 6.45) is -3.52. The molecule has 1 heterocycles. The number of fused-ring (bicyclic) bond motifs is 3. The van der Waals surface area contributed by atoms with Crippen molar-refractivity contribution in [2.24, 2.45) is 5.41 Å². The Kier molecular flexibility index (Phi) is 7.47. The summed E-state index contributed by atoms with van der Waals surface area (Å²) in [7, 11) is 0. The molecule has 0 saturated heterocycles. The lowest BCUT2D eigenvalue weighted by Gasteiger charge is -2.51. The minimum Gasteiger partial charge on any atom is -0.480 e. The first-order chi connectivity index (χ1) is 19.7. The minimum atomic E-state index is -4.82. The van der Waals surface area contributed by atoms with Crippen LogP contribution in [0.4, 0.5) is 18.9 Å². The van der Waals surface area contributed by atoms with E-state index in [4.69, 9.17) is 0 Å². The molecule has 1 amide bonds. The number of benzene rings is 3. The molecule has 2 N–H and O–H groups in total. The van der Waals surface area contributed by atoms with E-state index < -0.39 is 35.3 Å². The zero-order chi connectivity index (χ0) is 30.4. The Balaban J connectivity index is 1.57. The number of amides is 1. The van der Waals surface area contributed by atoms with Gasteiger partial charge in [0.2, 0.25) is 0 Å². The van der Waals surface area contributed by atoms with Gasteiger partial charge >= 0.3 is 12.3 Å². The van der Waals surface area contributed by atoms with Gasteiger partial charge in [-0.25, -0.2) is 4.79 Å². The summed E-state index contributed by atoms with van der Waals surface area (Å²) in [5.74, 6) is -1.98. The number of carbonyl (C=O) groups is 2. The molecule has 2 unspecified atom stereocenters. The van der Waals surface area contributed by atoms with E-state index in [-0.39, 0.29) is 25.4 Å². The number of hydrogen-bond donors (Lipinski definition) is 2. The average molecular weight is 583 g/mol. The molecule has 1 aliphatic carbocycles. The van der Waals surface area contributed by atoms with E-state index in [9.17, 15) is 33.0 Å². The molecule has 0 bridgehead atoms. The number of anilines is 1. The fourth-order valence-corrected chi connectivity index (χ4v) is 6.81. The van der Waals surface area contributed by atoms with Crippen molar-refractivity contribution in [3.8, 4) is 5.75 Å². The van der Waals surface area contributed by atoms with E-state index in [1.807, 2.05) is 42.2 Å². The molecule has 0 spiro atoms. The average Bonchev–Trinajstić information content (AvgIpc) is 2.90. The number of aliphatic hydroxyl groups is 1. The van der Waals surface area contributed by atoms with Crippen molar-refractivity contribution < 1.29 is 37.7 Å². The zero-order valence-corrected chi connectivity index (χ0v) is 23.4. The summed E-state index contributed by atoms with van der Waals surface area (Å²) in [4.78, 5) is 30.3. The highest BCUT2D eigenvalue weighted by atomic mass is 19.4. The summed E-state index contributed by atoms with van der Waals surface area (Å²) in [5, 5.41) is 23.5. The zero-order valence-electron chi connectivity index (χ0n) is 23.4. The summed E-state index contributed by atoms with van der Waals surface area (Å²) in [6.45, 7) is 7.81. The molecule has 222 valence electrons. The highest BCUT2D eigenvalue weighted by Gasteiger charge is 2.53. The standard InChI is InChI=1S/C32H33F3N2O5/c1-4-31(41)16-20(2)15-30(3,18-31)27(29(39)40)37-19-36(17-21-9-12-23(13-10-21)42-32(33,34)35)26-24-8-6-5-7-22(24)11-14-25(26)28(37)38/h5-14,27,41H,2,4,15-19H2,1,3H3,(H,39,40)/t27?,30-,31?/m1/s1. The van der Waals surface area contributed by atoms with Gasteiger partial charge in [-0.3, -0.25) is 4.79 Å². The van der Waals surface area contributed by atoms with Crippen LogP contribution in [0, 0.1) is 5.41 Å². The molecule has 1 fully saturated rings. The summed E-state index contributed by atoms with van der Waals surface area (Å²) >= 11 is 0. The first kappa shape index (κ1) is 29.4. The molecule has 3 aromatic rings. The van der Waals surface area contributed by atoms with E-state index in [0.29, 0.717) is 36.1 Å². The van der Waals surface area contributed by atoms with Crippen LogP contribution in [0.1, 0.15) is 55.5 Å². The van der Waals surface area contributed by atoms with Crippen LogP contribution in [-0.4, -0.2) is 51.7 Å². The Bertz CT molecular complexity index is 1540. The van der Waals surface area contributed by atoms with E-state index in [1.165, 1.54) is 29.2 Å². The molecule has 1 aliphatic heterocycles. The van der Waals surface area contributed by atoms with Crippen molar-refractivity contribution in [3.63, 3.8) is 0 Å². The number of rotatable bonds is 7. The van der Waals surface area contributed by atoms with Gasteiger partial charge in [-0.2, -0.15) is 0 Å². The van der Waals surface area contributed by atoms with Gasteiger partial charge in [0, 0.05) is 17.3 Å². The van der Waals surface area contributed by atoms with Gasteiger partial charge in [0.15, 0.2) is 0 Å². The highest BCUT2D eigenvalue weighted by Crippen LogP contribution is 2.49. The van der Waals surface area contributed by atoms with Crippen molar-refractivity contribution >= 4 is 28.3 Å². The maximum atomic E-state index is 14.1. The fraction of sp³-hybridized carbons (Fsp3) is 0.375. The fourth-order valence-electron chi connectivity index (χ4n) is 6.81. The Hall–Kier alpha value is -4.05. The van der Waals surface area contributed by atoms with Crippen molar-refractivity contribution in [1.29, 1.82) is 0 Å². The highest BCUT2D eigenvalue weighted by molar-refractivity contribution is 6.11. The Morgan fingerprint density at radius 1 is 1.10 bits per heavy atom. The molecule has 3 aromatic carbocycles. The van der Waals surface area contributed by atoms with E-state index in [0.717, 1.165) is 16.3 Å². The van der Waals surface area contributed by atoms with Crippen LogP contribution in [0.15, 0.2) is 72.8 Å². The smallest absolute Gasteiger partial charge is 0.480 e. The maximum Gasteiger partial charge on any atom is 0.573 e. The molecule has 5 rings (SSSR count). The minimum absolute atomic E-state index is 0.0791. The quantitative estimate of drug-likeness (QED) is 0.309. The number of alkyl halides is 3. The van der Waals surface area contributed by atoms with Gasteiger partial charge in [-0.15, -0.1) is 13.2 Å². The number of ether oxygens (including phenoxy) is 1. The molecule has 0 aromatic heterocycles. The second kappa shape index (κ2) is 10.7. The largest absolute Gasteiger partial charge is 0.573 e. The number of carbonyl (C=O) groups excluding carboxylic acids is 1. The maximum absolute atomic E-state index is 14.1. The van der Waals surface area contributed by atoms with Crippen LogP contribution in [-0.2, 0) is 11.3 Å². The second-order valence-electron chi connectivity index (χ2n) is 11.7. The van der Waals surface area contributed by atoms with Gasteiger partial charge in [0.25, 0.3) is 5.91 Å². The Morgan fingerprint density at radius 3 is 2.43 bits per heavy atom. The van der Waals surface area contributed by atoms with Crippen molar-refractivity contribution in [1.82, 2.24) is 4.90 Å². The van der Waals surface area contributed by atoms with E-state index in [1.54, 1.807) is 13.0 Å². The van der Waals surface area contributed by atoms with Gasteiger partial charge in [-0.1, -0.05) is 68.5 Å². The predicted molar refractivity (Wildman–Crippen MR) is 152 cm³/mol. The lowest BCUT2D eigenvalue weighted by molar-refractivity contribution is -0.274. The lowest BCUT2D eigenvalue weighted by Crippen LogP contribution is -2.61. The molecule has 10 heteroatoms. The van der Waals surface area contributed by atoms with Gasteiger partial charge in [0.05, 0.1) is 23.5 Å². The SMILES string of the molecule is C=C1CC(O)(CC)C[C@](C)(C(C(=O)O)N2CN(Cc3ccc(OC(F)(F)F)cc3)c3c(ccc4ccccc34)C2=O)C1. The van der Waals surface area contributed by atoms with Crippen LogP contribution >= 0.6 is 0 Å². The molecule has 2 aliphatic rings. The van der Waals surface area contributed by atoms with Crippen LogP contribution in [0.5, 0.6) is 5.75 Å². The molecular formula is C32H33F3N2O5. The molecule has 1 saturated carbocycles. The normalized spacial score (nSPS) is 23.6. The Labute approximate surface area is 241 Å². The molecule has 42 heavy (non-hydrogen) atoms. The monoisotopic (exact) mass is 582 g/mol. The molecular weight excluding hydrogens is 549 g/mol. The molecule has 3 atom stereocenters. The third-order valence-electron chi connectivity index (χ3n) is 8.39. The number of carboxylic acids is 1. The molecule has 7 nitrogen and oxygen atoms in total. The number of hydrogen-bond acceptors (Lipinski definition) is 5. The van der Waals surface area contributed by atoms with Gasteiger partial charge in [0.1, 0.15) is 11.8 Å². The third-order valence-corrected chi connectivity index (χ3v) is 8.39. The topological polar surface area (TPSA) is 90.3 Å². The van der Waals surface area contributed by atoms with Gasteiger partial charge < -0.3 is 24.7 Å². The second-order valence-corrected chi connectivity index (χ2v) is 11.7. The summed E-state index contributed by atoms with van der Waals surface area (Å²) in [5.41, 5.74) is 0.183. The number of nitrogens with zero attached hydrogens (tertiary/aromatic N) is 2. The van der Waals surface area contributed by atoms with E-state index >= 15 is 0 Å². The van der Waals surface area contributed by atoms with Crippen molar-refractivity contribution in [2.45, 2.75) is 64.1 Å². The lowest BCUT2D eigenvalue weighted by atomic mass is 9.62. The van der Waals surface area contributed by atoms with Crippen LogP contribution in [0.25, 0.3) is 10.8 Å². The number of halogens is 3. The van der Waals surface area contributed by atoms with Crippen molar-refractivity contribution in [2.75, 3.05) is 11.6 Å². The van der Waals surface area contributed by atoms with Crippen LogP contribution in [0.2, 0.25) is 0 Å². The van der Waals surface area contributed by atoms with Crippen LogP contribution in [0.3, 0.4) is 0 Å². The first-order valence-corrected chi connectivity index (χ1v) is 13.8. The number of carboxylic acid groups (broad SMARTS) is 1. The molecule has 0 radical (unpaired) electrons. The Morgan fingerprint density at radius 2 is 1.79 bits per heavy atom. The first-order valence-electron chi connectivity index (χ1n) is 13.8. The third kappa shape index (κ3) is 5.68.